The van der Waals surface area contributed by atoms with Crippen molar-refractivity contribution >= 4 is 17.4 Å². The van der Waals surface area contributed by atoms with Crippen LogP contribution >= 0.6 is 11.6 Å². The molecule has 0 N–H and O–H groups in total. The van der Waals surface area contributed by atoms with Crippen LogP contribution in [0.2, 0.25) is 5.02 Å². The van der Waals surface area contributed by atoms with Crippen LogP contribution in [0.4, 0.5) is 0 Å². The number of nitrogens with zero attached hydrogens (tertiary/aromatic N) is 1. The topological polar surface area (TPSA) is 20.3 Å². The van der Waals surface area contributed by atoms with Gasteiger partial charge in [0.2, 0.25) is 0 Å². The lowest BCUT2D eigenvalue weighted by atomic mass is 10.1. The first-order valence-corrected chi connectivity index (χ1v) is 5.98. The summed E-state index contributed by atoms with van der Waals surface area (Å²) in [7, 11) is 1.97. The van der Waals surface area contributed by atoms with E-state index < -0.39 is 0 Å². The number of ketones is 1. The molecule has 1 rings (SSSR count). The van der Waals surface area contributed by atoms with Gasteiger partial charge in [-0.2, -0.15) is 0 Å². The van der Waals surface area contributed by atoms with Crippen molar-refractivity contribution in [3.8, 4) is 0 Å². The molecule has 0 heterocycles. The number of benzene rings is 1. The van der Waals surface area contributed by atoms with E-state index in [2.05, 4.69) is 6.92 Å². The molecule has 0 bridgehead atoms. The maximum Gasteiger partial charge on any atom is 0.176 e. The first kappa shape index (κ1) is 13.2. The van der Waals surface area contributed by atoms with Crippen molar-refractivity contribution in [3.05, 3.63) is 34.9 Å². The summed E-state index contributed by atoms with van der Waals surface area (Å²) in [6.07, 6.45) is 2.27. The minimum atomic E-state index is 0.126. The molecular formula is C13H18ClNO. The highest BCUT2D eigenvalue weighted by Crippen LogP contribution is 2.11. The fourth-order valence-corrected chi connectivity index (χ4v) is 1.70. The van der Waals surface area contributed by atoms with Crippen molar-refractivity contribution in [2.75, 3.05) is 20.1 Å². The first-order chi connectivity index (χ1) is 7.63. The Morgan fingerprint density at radius 2 is 2.19 bits per heavy atom. The van der Waals surface area contributed by atoms with E-state index in [4.69, 9.17) is 11.6 Å². The number of unbranched alkanes of at least 4 members (excludes halogenated alkanes) is 1. The standard InChI is InChI=1S/C13H18ClNO/c1-3-4-8-15(2)10-13(16)11-6-5-7-12(14)9-11/h5-7,9H,3-4,8,10H2,1-2H3. The molecule has 0 aromatic heterocycles. The lowest BCUT2D eigenvalue weighted by molar-refractivity contribution is 0.0945. The monoisotopic (exact) mass is 239 g/mol. The van der Waals surface area contributed by atoms with Crippen LogP contribution in [-0.2, 0) is 0 Å². The Morgan fingerprint density at radius 3 is 2.81 bits per heavy atom. The van der Waals surface area contributed by atoms with Crippen molar-refractivity contribution in [2.24, 2.45) is 0 Å². The van der Waals surface area contributed by atoms with Crippen LogP contribution in [-0.4, -0.2) is 30.8 Å². The molecule has 2 nitrogen and oxygen atoms in total. The summed E-state index contributed by atoms with van der Waals surface area (Å²) < 4.78 is 0. The van der Waals surface area contributed by atoms with Gasteiger partial charge in [-0.3, -0.25) is 9.69 Å². The molecule has 16 heavy (non-hydrogen) atoms. The van der Waals surface area contributed by atoms with Gasteiger partial charge in [0, 0.05) is 10.6 Å². The molecule has 0 amide bonds. The fraction of sp³-hybridized carbons (Fsp3) is 0.462. The number of hydrogen-bond donors (Lipinski definition) is 0. The molecule has 0 spiro atoms. The summed E-state index contributed by atoms with van der Waals surface area (Å²) in [5.41, 5.74) is 0.691. The Bertz CT molecular complexity index is 352. The summed E-state index contributed by atoms with van der Waals surface area (Å²) in [5.74, 6) is 0.126. The second-order valence-electron chi connectivity index (χ2n) is 4.02. The lowest BCUT2D eigenvalue weighted by Crippen LogP contribution is -2.26. The summed E-state index contributed by atoms with van der Waals surface area (Å²) >= 11 is 5.84. The van der Waals surface area contributed by atoms with Crippen molar-refractivity contribution in [1.82, 2.24) is 4.90 Å². The van der Waals surface area contributed by atoms with Gasteiger partial charge in [-0.1, -0.05) is 37.1 Å². The molecule has 3 heteroatoms. The van der Waals surface area contributed by atoms with Crippen LogP contribution in [0.15, 0.2) is 24.3 Å². The predicted octanol–water partition coefficient (Wildman–Crippen LogP) is 3.25. The third-order valence-corrected chi connectivity index (χ3v) is 2.69. The van der Waals surface area contributed by atoms with Gasteiger partial charge >= 0.3 is 0 Å². The maximum atomic E-state index is 11.9. The number of carbonyl (C=O) groups excluding carboxylic acids is 1. The number of halogens is 1. The van der Waals surface area contributed by atoms with Gasteiger partial charge < -0.3 is 0 Å². The highest BCUT2D eigenvalue weighted by molar-refractivity contribution is 6.31. The van der Waals surface area contributed by atoms with Crippen LogP contribution in [0.1, 0.15) is 30.1 Å². The molecule has 0 aliphatic heterocycles. The van der Waals surface area contributed by atoms with Gasteiger partial charge in [-0.05, 0) is 32.1 Å². The van der Waals surface area contributed by atoms with Crippen LogP contribution < -0.4 is 0 Å². The highest BCUT2D eigenvalue weighted by atomic mass is 35.5. The van der Waals surface area contributed by atoms with E-state index in [1.807, 2.05) is 24.1 Å². The Balaban J connectivity index is 2.52. The summed E-state index contributed by atoms with van der Waals surface area (Å²) in [4.78, 5) is 13.9. The summed E-state index contributed by atoms with van der Waals surface area (Å²) in [6, 6.07) is 7.11. The fourth-order valence-electron chi connectivity index (χ4n) is 1.51. The summed E-state index contributed by atoms with van der Waals surface area (Å²) in [5, 5.41) is 0.613. The van der Waals surface area contributed by atoms with Gasteiger partial charge in [0.1, 0.15) is 0 Å². The van der Waals surface area contributed by atoms with Gasteiger partial charge in [-0.25, -0.2) is 0 Å². The maximum absolute atomic E-state index is 11.9. The third-order valence-electron chi connectivity index (χ3n) is 2.45. The Hall–Kier alpha value is -0.860. The molecule has 0 fully saturated rings. The van der Waals surface area contributed by atoms with Crippen LogP contribution in [0, 0.1) is 0 Å². The molecule has 0 unspecified atom stereocenters. The smallest absolute Gasteiger partial charge is 0.176 e. The Kier molecular flexibility index (Phi) is 5.50. The Labute approximate surface area is 102 Å². The molecule has 0 atom stereocenters. The van der Waals surface area contributed by atoms with E-state index >= 15 is 0 Å². The average molecular weight is 240 g/mol. The Morgan fingerprint density at radius 1 is 1.44 bits per heavy atom. The molecule has 0 aliphatic carbocycles. The van der Waals surface area contributed by atoms with E-state index in [0.717, 1.165) is 19.4 Å². The zero-order valence-electron chi connectivity index (χ0n) is 9.87. The zero-order valence-corrected chi connectivity index (χ0v) is 10.6. The molecule has 0 aliphatic rings. The molecule has 0 radical (unpaired) electrons. The van der Waals surface area contributed by atoms with Crippen LogP contribution in [0.5, 0.6) is 0 Å². The van der Waals surface area contributed by atoms with Gasteiger partial charge in [0.25, 0.3) is 0 Å². The minimum absolute atomic E-state index is 0.126. The first-order valence-electron chi connectivity index (χ1n) is 5.60. The van der Waals surface area contributed by atoms with E-state index in [1.165, 1.54) is 0 Å². The van der Waals surface area contributed by atoms with Crippen molar-refractivity contribution < 1.29 is 4.79 Å². The van der Waals surface area contributed by atoms with Crippen LogP contribution in [0.3, 0.4) is 0 Å². The third kappa shape index (κ3) is 4.33. The molecule has 0 saturated carbocycles. The predicted molar refractivity (Wildman–Crippen MR) is 68.2 cm³/mol. The largest absolute Gasteiger partial charge is 0.299 e. The van der Waals surface area contributed by atoms with E-state index in [1.54, 1.807) is 12.1 Å². The van der Waals surface area contributed by atoms with E-state index in [-0.39, 0.29) is 5.78 Å². The number of rotatable bonds is 6. The number of likely N-dealkylation sites (N-methyl/N-ethyl adjacent to an activating group) is 1. The molecule has 88 valence electrons. The molecular weight excluding hydrogens is 222 g/mol. The summed E-state index contributed by atoms with van der Waals surface area (Å²) in [6.45, 7) is 3.57. The second-order valence-corrected chi connectivity index (χ2v) is 4.46. The van der Waals surface area contributed by atoms with Gasteiger partial charge in [-0.15, -0.1) is 0 Å². The minimum Gasteiger partial charge on any atom is -0.299 e. The van der Waals surface area contributed by atoms with Crippen LogP contribution in [0.25, 0.3) is 0 Å². The molecule has 1 aromatic rings. The SMILES string of the molecule is CCCCN(C)CC(=O)c1cccc(Cl)c1. The van der Waals surface area contributed by atoms with Crippen molar-refractivity contribution in [2.45, 2.75) is 19.8 Å². The van der Waals surface area contributed by atoms with E-state index in [0.29, 0.717) is 17.1 Å². The highest BCUT2D eigenvalue weighted by Gasteiger charge is 2.08. The molecule has 0 saturated heterocycles. The number of hydrogen-bond acceptors (Lipinski definition) is 2. The molecule has 1 aromatic carbocycles. The van der Waals surface area contributed by atoms with E-state index in [9.17, 15) is 4.79 Å². The number of carbonyl (C=O) groups is 1. The van der Waals surface area contributed by atoms with Crippen molar-refractivity contribution in [1.29, 1.82) is 0 Å². The lowest BCUT2D eigenvalue weighted by Gasteiger charge is -2.14. The normalized spacial score (nSPS) is 10.8. The second kappa shape index (κ2) is 6.66. The zero-order chi connectivity index (χ0) is 12.0. The van der Waals surface area contributed by atoms with Gasteiger partial charge in [0.05, 0.1) is 6.54 Å². The van der Waals surface area contributed by atoms with Gasteiger partial charge in [0.15, 0.2) is 5.78 Å². The number of Topliss-reactive ketones (excluding diaryl/α,β-unsaturated/α-hetero) is 1. The quantitative estimate of drug-likeness (QED) is 0.711. The van der Waals surface area contributed by atoms with Crippen molar-refractivity contribution in [3.63, 3.8) is 0 Å². The average Bonchev–Trinajstić information content (AvgIpc) is 2.26.